The number of carbonyl (C=O) groups is 1. The Hall–Kier alpha value is -2.60. The average molecular weight is 386 g/mol. The smallest absolute Gasteiger partial charge is 0.288 e. The molecule has 3 aromatic rings. The number of benzene rings is 2. The molecule has 0 aliphatic carbocycles. The van der Waals surface area contributed by atoms with E-state index in [9.17, 15) is 9.59 Å². The summed E-state index contributed by atoms with van der Waals surface area (Å²) in [6.45, 7) is 0. The van der Waals surface area contributed by atoms with E-state index in [1.807, 2.05) is 12.1 Å². The second kappa shape index (κ2) is 5.49. The van der Waals surface area contributed by atoms with Crippen LogP contribution in [0.1, 0.15) is 27.7 Å². The summed E-state index contributed by atoms with van der Waals surface area (Å²) in [6.07, 6.45) is 0. The fourth-order valence-electron chi connectivity index (χ4n) is 2.93. The number of amides is 1. The summed E-state index contributed by atoms with van der Waals surface area (Å²) < 4.78 is 11.6. The zero-order valence-electron chi connectivity index (χ0n) is 12.6. The number of hydrogen-bond donors (Lipinski definition) is 1. The van der Waals surface area contributed by atoms with Crippen LogP contribution >= 0.6 is 15.9 Å². The Bertz CT molecular complexity index is 1020. The maximum atomic E-state index is 12.9. The van der Waals surface area contributed by atoms with E-state index in [4.69, 9.17) is 9.15 Å². The molecule has 0 saturated heterocycles. The lowest BCUT2D eigenvalue weighted by molar-refractivity contribution is 0.0938. The minimum absolute atomic E-state index is 0.0793. The number of nitrogens with one attached hydrogen (secondary N) is 1. The van der Waals surface area contributed by atoms with Gasteiger partial charge in [0, 0.05) is 4.47 Å². The molecule has 2 aromatic carbocycles. The SMILES string of the molecule is COc1ccc(C2NC(=O)c3oc4ccc(Br)cc4c(=O)c32)cc1. The molecule has 1 amide bonds. The normalized spacial score (nSPS) is 16.1. The van der Waals surface area contributed by atoms with Gasteiger partial charge in [0.05, 0.1) is 24.1 Å². The quantitative estimate of drug-likeness (QED) is 0.733. The van der Waals surface area contributed by atoms with Crippen molar-refractivity contribution in [1.82, 2.24) is 5.32 Å². The van der Waals surface area contributed by atoms with Crippen molar-refractivity contribution in [3.05, 3.63) is 74.0 Å². The number of fused-ring (bicyclic) bond motifs is 2. The van der Waals surface area contributed by atoms with E-state index < -0.39 is 6.04 Å². The Morgan fingerprint density at radius 2 is 1.88 bits per heavy atom. The predicted molar refractivity (Wildman–Crippen MR) is 92.5 cm³/mol. The maximum absolute atomic E-state index is 12.9. The van der Waals surface area contributed by atoms with Crippen LogP contribution in [0, 0.1) is 0 Å². The van der Waals surface area contributed by atoms with Crippen LogP contribution in [0.4, 0.5) is 0 Å². The van der Waals surface area contributed by atoms with E-state index in [0.717, 1.165) is 10.0 Å². The van der Waals surface area contributed by atoms with Crippen molar-refractivity contribution in [2.75, 3.05) is 7.11 Å². The molecule has 1 aliphatic heterocycles. The summed E-state index contributed by atoms with van der Waals surface area (Å²) in [5.41, 5.74) is 1.33. The molecule has 5 nitrogen and oxygen atoms in total. The van der Waals surface area contributed by atoms with E-state index in [0.29, 0.717) is 22.3 Å². The molecule has 1 atom stereocenters. The summed E-state index contributed by atoms with van der Waals surface area (Å²) in [5.74, 6) is 0.404. The monoisotopic (exact) mass is 385 g/mol. The van der Waals surface area contributed by atoms with E-state index in [1.54, 1.807) is 37.4 Å². The van der Waals surface area contributed by atoms with Crippen LogP contribution in [0.15, 0.2) is 56.1 Å². The first-order valence-corrected chi connectivity index (χ1v) is 8.09. The number of halogens is 1. The topological polar surface area (TPSA) is 68.5 Å². The van der Waals surface area contributed by atoms with Gasteiger partial charge in [-0.3, -0.25) is 9.59 Å². The van der Waals surface area contributed by atoms with Crippen molar-refractivity contribution in [3.63, 3.8) is 0 Å². The van der Waals surface area contributed by atoms with Gasteiger partial charge in [0.15, 0.2) is 5.43 Å². The molecule has 0 fully saturated rings. The standard InChI is InChI=1S/C18H12BrNO4/c1-23-11-5-2-9(3-6-11)15-14-16(21)12-8-10(19)4-7-13(12)24-17(14)18(22)20-15/h2-8,15H,1H3,(H,20,22). The second-order valence-electron chi connectivity index (χ2n) is 5.49. The Morgan fingerprint density at radius 3 is 2.58 bits per heavy atom. The summed E-state index contributed by atoms with van der Waals surface area (Å²) >= 11 is 3.36. The first-order valence-electron chi connectivity index (χ1n) is 7.29. The number of methoxy groups -OCH3 is 1. The number of rotatable bonds is 2. The fourth-order valence-corrected chi connectivity index (χ4v) is 3.29. The van der Waals surface area contributed by atoms with E-state index >= 15 is 0 Å². The molecule has 1 N–H and O–H groups in total. The molecule has 1 aromatic heterocycles. The van der Waals surface area contributed by atoms with Crippen LogP contribution in [0.3, 0.4) is 0 Å². The molecule has 2 heterocycles. The van der Waals surface area contributed by atoms with Gasteiger partial charge in [0.2, 0.25) is 5.76 Å². The van der Waals surface area contributed by atoms with E-state index in [1.165, 1.54) is 0 Å². The van der Waals surface area contributed by atoms with Gasteiger partial charge >= 0.3 is 0 Å². The molecule has 0 bridgehead atoms. The highest BCUT2D eigenvalue weighted by atomic mass is 79.9. The van der Waals surface area contributed by atoms with Gasteiger partial charge in [-0.25, -0.2) is 0 Å². The number of carbonyl (C=O) groups excluding carboxylic acids is 1. The molecule has 0 saturated carbocycles. The highest BCUT2D eigenvalue weighted by Crippen LogP contribution is 2.32. The van der Waals surface area contributed by atoms with Gasteiger partial charge in [0.25, 0.3) is 5.91 Å². The van der Waals surface area contributed by atoms with Crippen molar-refractivity contribution in [2.24, 2.45) is 0 Å². The molecule has 1 unspecified atom stereocenters. The van der Waals surface area contributed by atoms with E-state index in [2.05, 4.69) is 21.2 Å². The second-order valence-corrected chi connectivity index (χ2v) is 6.41. The lowest BCUT2D eigenvalue weighted by Gasteiger charge is -2.12. The van der Waals surface area contributed by atoms with Crippen LogP contribution in [0.25, 0.3) is 11.0 Å². The van der Waals surface area contributed by atoms with Crippen molar-refractivity contribution in [3.8, 4) is 5.75 Å². The molecule has 4 rings (SSSR count). The highest BCUT2D eigenvalue weighted by molar-refractivity contribution is 9.10. The molecule has 120 valence electrons. The zero-order valence-corrected chi connectivity index (χ0v) is 14.2. The Labute approximate surface area is 145 Å². The average Bonchev–Trinajstić information content (AvgIpc) is 2.93. The molecule has 0 spiro atoms. The highest BCUT2D eigenvalue weighted by Gasteiger charge is 2.35. The van der Waals surface area contributed by atoms with Gasteiger partial charge in [-0.1, -0.05) is 28.1 Å². The summed E-state index contributed by atoms with van der Waals surface area (Å²) in [6, 6.07) is 11.8. The summed E-state index contributed by atoms with van der Waals surface area (Å²) in [7, 11) is 1.58. The molecule has 1 aliphatic rings. The van der Waals surface area contributed by atoms with Crippen molar-refractivity contribution < 1.29 is 13.9 Å². The van der Waals surface area contributed by atoms with Crippen molar-refractivity contribution in [2.45, 2.75) is 6.04 Å². The molecule has 6 heteroatoms. The first-order chi connectivity index (χ1) is 11.6. The van der Waals surface area contributed by atoms with Crippen LogP contribution in [-0.2, 0) is 0 Å². The largest absolute Gasteiger partial charge is 0.497 e. The van der Waals surface area contributed by atoms with Gasteiger partial charge in [0.1, 0.15) is 11.3 Å². The lowest BCUT2D eigenvalue weighted by Crippen LogP contribution is -2.21. The molecule has 24 heavy (non-hydrogen) atoms. The fraction of sp³-hybridized carbons (Fsp3) is 0.111. The Morgan fingerprint density at radius 1 is 1.12 bits per heavy atom. The number of ether oxygens (including phenoxy) is 1. The van der Waals surface area contributed by atoms with E-state index in [-0.39, 0.29) is 17.1 Å². The van der Waals surface area contributed by atoms with Crippen LogP contribution in [-0.4, -0.2) is 13.0 Å². The molecular formula is C18H12BrNO4. The third kappa shape index (κ3) is 2.22. The zero-order chi connectivity index (χ0) is 16.8. The Kier molecular flexibility index (Phi) is 3.42. The minimum atomic E-state index is -0.530. The van der Waals surface area contributed by atoms with Gasteiger partial charge in [-0.05, 0) is 35.9 Å². The number of hydrogen-bond acceptors (Lipinski definition) is 4. The van der Waals surface area contributed by atoms with Gasteiger partial charge in [-0.2, -0.15) is 0 Å². The minimum Gasteiger partial charge on any atom is -0.497 e. The third-order valence-electron chi connectivity index (χ3n) is 4.11. The molecular weight excluding hydrogens is 374 g/mol. The van der Waals surface area contributed by atoms with Crippen LogP contribution < -0.4 is 15.5 Å². The van der Waals surface area contributed by atoms with Crippen LogP contribution in [0.2, 0.25) is 0 Å². The predicted octanol–water partition coefficient (Wildman–Crippen LogP) is 3.40. The van der Waals surface area contributed by atoms with Gasteiger partial charge < -0.3 is 14.5 Å². The molecule has 0 radical (unpaired) electrons. The Balaban J connectivity index is 1.93. The summed E-state index contributed by atoms with van der Waals surface area (Å²) in [4.78, 5) is 25.2. The third-order valence-corrected chi connectivity index (χ3v) is 4.60. The van der Waals surface area contributed by atoms with Crippen molar-refractivity contribution in [1.29, 1.82) is 0 Å². The van der Waals surface area contributed by atoms with Crippen LogP contribution in [0.5, 0.6) is 5.75 Å². The lowest BCUT2D eigenvalue weighted by atomic mass is 9.99. The maximum Gasteiger partial charge on any atom is 0.288 e. The van der Waals surface area contributed by atoms with Crippen molar-refractivity contribution >= 4 is 32.8 Å². The summed E-state index contributed by atoms with van der Waals surface area (Å²) in [5, 5.41) is 3.26. The first kappa shape index (κ1) is 15.0. The van der Waals surface area contributed by atoms with Gasteiger partial charge in [-0.15, -0.1) is 0 Å².